The Kier molecular flexibility index (Phi) is 4.02. The second kappa shape index (κ2) is 4.30. The highest BCUT2D eigenvalue weighted by Gasteiger charge is 2.02. The first-order chi connectivity index (χ1) is 4.20. The number of carbonyl (C=O) groups is 1. The smallest absolute Gasteiger partial charge is 0.122 e. The number of aldehydes is 1. The average Bonchev–Trinajstić information content (AvgIpc) is 1.87. The maximum atomic E-state index is 10.1. The third kappa shape index (κ3) is 3.95. The number of carbonyl (C=O) groups excluding carboxylic acids is 1. The van der Waals surface area contributed by atoms with Gasteiger partial charge < -0.3 is 4.79 Å². The van der Waals surface area contributed by atoms with Crippen LogP contribution >= 0.6 is 0 Å². The van der Waals surface area contributed by atoms with Gasteiger partial charge in [-0.2, -0.15) is 0 Å². The molecule has 0 heterocycles. The molecule has 9 heavy (non-hydrogen) atoms. The van der Waals surface area contributed by atoms with Crippen molar-refractivity contribution in [3.8, 4) is 0 Å². The highest BCUT2D eigenvalue weighted by molar-refractivity contribution is 5.52. The lowest BCUT2D eigenvalue weighted by Crippen LogP contribution is -2.00. The van der Waals surface area contributed by atoms with Gasteiger partial charge in [-0.25, -0.2) is 0 Å². The third-order valence-corrected chi connectivity index (χ3v) is 1.38. The summed E-state index contributed by atoms with van der Waals surface area (Å²) < 4.78 is 0. The zero-order chi connectivity index (χ0) is 7.28. The molecule has 0 aromatic rings. The van der Waals surface area contributed by atoms with Gasteiger partial charge in [0.1, 0.15) is 6.29 Å². The normalized spacial score (nSPS) is 16.2. The van der Waals surface area contributed by atoms with Crippen LogP contribution in [0.4, 0.5) is 0 Å². The lowest BCUT2D eigenvalue weighted by Gasteiger charge is -2.06. The van der Waals surface area contributed by atoms with E-state index in [1.54, 1.807) is 0 Å². The maximum Gasteiger partial charge on any atom is 0.122 e. The van der Waals surface area contributed by atoms with Gasteiger partial charge in [-0.1, -0.05) is 19.9 Å². The zero-order valence-electron chi connectivity index (χ0n) is 6.13. The summed E-state index contributed by atoms with van der Waals surface area (Å²) in [6.45, 7) is 7.62. The van der Waals surface area contributed by atoms with Crippen molar-refractivity contribution >= 4 is 6.29 Å². The topological polar surface area (TPSA) is 17.1 Å². The molecule has 0 saturated heterocycles. The van der Waals surface area contributed by atoms with E-state index in [1.807, 2.05) is 13.0 Å². The van der Waals surface area contributed by atoms with Crippen LogP contribution in [0.15, 0.2) is 12.7 Å². The second-order valence-electron chi connectivity index (χ2n) is 2.56. The Balaban J connectivity index is 3.45. The van der Waals surface area contributed by atoms with Crippen molar-refractivity contribution in [3.63, 3.8) is 0 Å². The SMILES string of the molecule is C=CC(C)C[C@H](C)C=O. The molecule has 1 nitrogen and oxygen atoms in total. The molecule has 0 aliphatic rings. The Bertz CT molecular complexity index is 84.7. The van der Waals surface area contributed by atoms with Gasteiger partial charge in [0, 0.05) is 5.92 Å². The first-order valence-corrected chi connectivity index (χ1v) is 3.28. The molecule has 52 valence electrons. The number of hydrogen-bond donors (Lipinski definition) is 0. The van der Waals surface area contributed by atoms with Crippen molar-refractivity contribution < 1.29 is 4.79 Å². The monoisotopic (exact) mass is 126 g/mol. The fraction of sp³-hybridized carbons (Fsp3) is 0.625. The predicted molar refractivity (Wildman–Crippen MR) is 39.2 cm³/mol. The molecule has 0 aliphatic heterocycles. The van der Waals surface area contributed by atoms with Gasteiger partial charge >= 0.3 is 0 Å². The summed E-state index contributed by atoms with van der Waals surface area (Å²) in [6.07, 6.45) is 3.78. The highest BCUT2D eigenvalue weighted by Crippen LogP contribution is 2.09. The highest BCUT2D eigenvalue weighted by atomic mass is 16.1. The standard InChI is InChI=1S/C8H14O/c1-4-7(2)5-8(3)6-9/h4,6-8H,1,5H2,2-3H3/t7?,8-/m0/s1. The molecular weight excluding hydrogens is 112 g/mol. The van der Waals surface area contributed by atoms with E-state index in [9.17, 15) is 4.79 Å². The van der Waals surface area contributed by atoms with Gasteiger partial charge in [-0.3, -0.25) is 0 Å². The van der Waals surface area contributed by atoms with Crippen LogP contribution in [-0.2, 0) is 4.79 Å². The van der Waals surface area contributed by atoms with Gasteiger partial charge in [-0.05, 0) is 12.3 Å². The van der Waals surface area contributed by atoms with Crippen molar-refractivity contribution in [3.05, 3.63) is 12.7 Å². The average molecular weight is 126 g/mol. The Morgan fingerprint density at radius 1 is 1.44 bits per heavy atom. The molecule has 0 radical (unpaired) electrons. The molecule has 0 amide bonds. The van der Waals surface area contributed by atoms with Crippen LogP contribution in [0.1, 0.15) is 20.3 Å². The Morgan fingerprint density at radius 3 is 2.33 bits per heavy atom. The maximum absolute atomic E-state index is 10.1. The molecule has 0 saturated carbocycles. The zero-order valence-corrected chi connectivity index (χ0v) is 6.13. The Morgan fingerprint density at radius 2 is 2.00 bits per heavy atom. The fourth-order valence-electron chi connectivity index (χ4n) is 0.738. The van der Waals surface area contributed by atoms with E-state index < -0.39 is 0 Å². The van der Waals surface area contributed by atoms with Gasteiger partial charge in [0.25, 0.3) is 0 Å². The van der Waals surface area contributed by atoms with Gasteiger partial charge in [0.2, 0.25) is 0 Å². The summed E-state index contributed by atoms with van der Waals surface area (Å²) >= 11 is 0. The van der Waals surface area contributed by atoms with Gasteiger partial charge in [0.15, 0.2) is 0 Å². The minimum Gasteiger partial charge on any atom is -0.303 e. The van der Waals surface area contributed by atoms with Crippen LogP contribution in [0.3, 0.4) is 0 Å². The van der Waals surface area contributed by atoms with Crippen LogP contribution in [0.5, 0.6) is 0 Å². The van der Waals surface area contributed by atoms with Crippen molar-refractivity contribution in [2.24, 2.45) is 11.8 Å². The van der Waals surface area contributed by atoms with E-state index >= 15 is 0 Å². The van der Waals surface area contributed by atoms with E-state index in [4.69, 9.17) is 0 Å². The van der Waals surface area contributed by atoms with Crippen LogP contribution in [0.2, 0.25) is 0 Å². The van der Waals surface area contributed by atoms with Crippen LogP contribution in [0.25, 0.3) is 0 Å². The van der Waals surface area contributed by atoms with E-state index in [0.717, 1.165) is 12.7 Å². The van der Waals surface area contributed by atoms with E-state index in [1.165, 1.54) is 0 Å². The van der Waals surface area contributed by atoms with Crippen molar-refractivity contribution in [2.45, 2.75) is 20.3 Å². The molecule has 0 bridgehead atoms. The summed E-state index contributed by atoms with van der Waals surface area (Å²) in [4.78, 5) is 10.1. The van der Waals surface area contributed by atoms with E-state index in [-0.39, 0.29) is 5.92 Å². The minimum atomic E-state index is 0.179. The quantitative estimate of drug-likeness (QED) is 0.416. The molecule has 0 aromatic carbocycles. The van der Waals surface area contributed by atoms with Crippen LogP contribution in [-0.4, -0.2) is 6.29 Å². The molecule has 1 unspecified atom stereocenters. The van der Waals surface area contributed by atoms with E-state index in [0.29, 0.717) is 5.92 Å². The summed E-state index contributed by atoms with van der Waals surface area (Å²) in [7, 11) is 0. The molecule has 2 atom stereocenters. The van der Waals surface area contributed by atoms with Crippen molar-refractivity contribution in [1.29, 1.82) is 0 Å². The number of allylic oxidation sites excluding steroid dienone is 1. The minimum absolute atomic E-state index is 0.179. The molecule has 0 aromatic heterocycles. The largest absolute Gasteiger partial charge is 0.303 e. The lowest BCUT2D eigenvalue weighted by atomic mass is 9.99. The molecular formula is C8H14O. The summed E-state index contributed by atoms with van der Waals surface area (Å²) in [6, 6.07) is 0. The molecule has 0 spiro atoms. The summed E-state index contributed by atoms with van der Waals surface area (Å²) in [5.41, 5.74) is 0. The third-order valence-electron chi connectivity index (χ3n) is 1.38. The molecule has 0 rings (SSSR count). The Labute approximate surface area is 56.8 Å². The predicted octanol–water partition coefficient (Wildman–Crippen LogP) is 2.03. The molecule has 0 fully saturated rings. The first-order valence-electron chi connectivity index (χ1n) is 3.28. The number of hydrogen-bond acceptors (Lipinski definition) is 1. The molecule has 1 heteroatoms. The lowest BCUT2D eigenvalue weighted by molar-refractivity contribution is -0.110. The van der Waals surface area contributed by atoms with Crippen molar-refractivity contribution in [2.75, 3.05) is 0 Å². The van der Waals surface area contributed by atoms with Gasteiger partial charge in [0.05, 0.1) is 0 Å². The van der Waals surface area contributed by atoms with Crippen LogP contribution in [0, 0.1) is 11.8 Å². The van der Waals surface area contributed by atoms with Gasteiger partial charge in [-0.15, -0.1) is 6.58 Å². The van der Waals surface area contributed by atoms with E-state index in [2.05, 4.69) is 13.5 Å². The Hall–Kier alpha value is -0.590. The molecule has 0 aliphatic carbocycles. The van der Waals surface area contributed by atoms with Crippen LogP contribution < -0.4 is 0 Å². The summed E-state index contributed by atoms with van der Waals surface area (Å²) in [5, 5.41) is 0. The second-order valence-corrected chi connectivity index (χ2v) is 2.56. The molecule has 0 N–H and O–H groups in total. The first kappa shape index (κ1) is 8.41. The number of rotatable bonds is 4. The van der Waals surface area contributed by atoms with Crippen molar-refractivity contribution in [1.82, 2.24) is 0 Å². The fourth-order valence-corrected chi connectivity index (χ4v) is 0.738. The summed E-state index contributed by atoms with van der Waals surface area (Å²) in [5.74, 6) is 0.642.